The molecule has 0 saturated heterocycles. The van der Waals surface area contributed by atoms with Gasteiger partial charge in [0.15, 0.2) is 0 Å². The van der Waals surface area contributed by atoms with Crippen molar-refractivity contribution in [1.82, 2.24) is 14.5 Å². The number of nitrogens with one attached hydrogen (secondary N) is 1. The Balaban J connectivity index is 1.78. The molecular formula is C15H18ClN3O2S. The molecule has 2 aromatic rings. The number of sulfonamides is 1. The first-order valence-electron chi connectivity index (χ1n) is 7.20. The van der Waals surface area contributed by atoms with E-state index in [-0.39, 0.29) is 11.8 Å². The Bertz CT molecular complexity index is 786. The Morgan fingerprint density at radius 3 is 3.05 bits per heavy atom. The number of nitrogens with zero attached hydrogens (tertiary/aromatic N) is 2. The highest BCUT2D eigenvalue weighted by atomic mass is 35.5. The number of aromatic nitrogens is 2. The summed E-state index contributed by atoms with van der Waals surface area (Å²) in [7, 11) is -1.57. The summed E-state index contributed by atoms with van der Waals surface area (Å²) < 4.78 is 29.4. The van der Waals surface area contributed by atoms with Crippen LogP contribution >= 0.6 is 11.6 Å². The number of hydrogen-bond donors (Lipinski definition) is 1. The van der Waals surface area contributed by atoms with Gasteiger partial charge in [0.2, 0.25) is 10.0 Å². The number of halogens is 1. The van der Waals surface area contributed by atoms with Gasteiger partial charge >= 0.3 is 0 Å². The molecule has 22 heavy (non-hydrogen) atoms. The van der Waals surface area contributed by atoms with E-state index in [9.17, 15) is 8.42 Å². The van der Waals surface area contributed by atoms with E-state index >= 15 is 0 Å². The average molecular weight is 340 g/mol. The van der Waals surface area contributed by atoms with E-state index < -0.39 is 10.0 Å². The molecule has 0 bridgehead atoms. The summed E-state index contributed by atoms with van der Waals surface area (Å²) in [5, 5.41) is 4.93. The zero-order chi connectivity index (χ0) is 15.7. The van der Waals surface area contributed by atoms with Crippen LogP contribution in [0.5, 0.6) is 0 Å². The smallest absolute Gasteiger partial charge is 0.216 e. The van der Waals surface area contributed by atoms with Crippen LogP contribution < -0.4 is 4.72 Å². The normalized spacial score (nSPS) is 18.2. The first-order chi connectivity index (χ1) is 10.4. The molecule has 1 aliphatic carbocycles. The van der Waals surface area contributed by atoms with Gasteiger partial charge in [-0.05, 0) is 37.0 Å². The number of fused-ring (bicyclic) bond motifs is 1. The van der Waals surface area contributed by atoms with Crippen LogP contribution in [-0.2, 0) is 29.2 Å². The lowest BCUT2D eigenvalue weighted by Crippen LogP contribution is -2.31. The Labute approximate surface area is 135 Å². The first-order valence-corrected chi connectivity index (χ1v) is 9.23. The average Bonchev–Trinajstić information content (AvgIpc) is 2.79. The second-order valence-electron chi connectivity index (χ2n) is 5.66. The third kappa shape index (κ3) is 3.51. The second kappa shape index (κ2) is 6.02. The lowest BCUT2D eigenvalue weighted by atomic mass is 9.94. The number of rotatable bonds is 4. The Kier molecular flexibility index (Phi) is 4.25. The molecule has 1 aliphatic rings. The van der Waals surface area contributed by atoms with Gasteiger partial charge in [-0.25, -0.2) is 13.1 Å². The van der Waals surface area contributed by atoms with Gasteiger partial charge in [0.1, 0.15) is 0 Å². The fourth-order valence-corrected chi connectivity index (χ4v) is 4.49. The molecule has 0 spiro atoms. The molecule has 1 heterocycles. The standard InChI is InChI=1S/C15H18ClN3O2S/c1-19-9-13-14(17-19)6-3-7-15(13)18-22(20,21)10-11-4-2-5-12(16)8-11/h2,4-5,8-9,15,18H,3,6-7,10H2,1H3. The van der Waals surface area contributed by atoms with Gasteiger partial charge < -0.3 is 0 Å². The van der Waals surface area contributed by atoms with Gasteiger partial charge in [-0.15, -0.1) is 0 Å². The Hall–Kier alpha value is -1.37. The summed E-state index contributed by atoms with van der Waals surface area (Å²) in [6.07, 6.45) is 4.55. The number of benzene rings is 1. The highest BCUT2D eigenvalue weighted by Crippen LogP contribution is 2.29. The summed E-state index contributed by atoms with van der Waals surface area (Å²) in [5.74, 6) is -0.0698. The minimum absolute atomic E-state index is 0.0698. The molecule has 3 rings (SSSR count). The van der Waals surface area contributed by atoms with Crippen LogP contribution in [-0.4, -0.2) is 18.2 Å². The topological polar surface area (TPSA) is 64.0 Å². The molecule has 0 radical (unpaired) electrons. The number of aryl methyl sites for hydroxylation is 2. The minimum atomic E-state index is -3.43. The van der Waals surface area contributed by atoms with Crippen molar-refractivity contribution >= 4 is 21.6 Å². The van der Waals surface area contributed by atoms with E-state index in [4.69, 9.17) is 11.6 Å². The van der Waals surface area contributed by atoms with Crippen molar-refractivity contribution in [2.45, 2.75) is 31.1 Å². The maximum Gasteiger partial charge on any atom is 0.216 e. The molecule has 0 fully saturated rings. The summed E-state index contributed by atoms with van der Waals surface area (Å²) in [6.45, 7) is 0. The van der Waals surface area contributed by atoms with Crippen molar-refractivity contribution in [2.75, 3.05) is 0 Å². The van der Waals surface area contributed by atoms with Gasteiger partial charge in [0.25, 0.3) is 0 Å². The molecular weight excluding hydrogens is 322 g/mol. The van der Waals surface area contributed by atoms with Crippen LogP contribution in [0.4, 0.5) is 0 Å². The SMILES string of the molecule is Cn1cc2c(n1)CCCC2NS(=O)(=O)Cc1cccc(Cl)c1. The summed E-state index contributed by atoms with van der Waals surface area (Å²) >= 11 is 5.91. The number of hydrogen-bond acceptors (Lipinski definition) is 3. The second-order valence-corrected chi connectivity index (χ2v) is 7.85. The monoisotopic (exact) mass is 339 g/mol. The van der Waals surface area contributed by atoms with Crippen LogP contribution in [0.15, 0.2) is 30.5 Å². The zero-order valence-corrected chi connectivity index (χ0v) is 13.9. The van der Waals surface area contributed by atoms with E-state index in [2.05, 4.69) is 9.82 Å². The van der Waals surface area contributed by atoms with Crippen LogP contribution in [0.2, 0.25) is 5.02 Å². The van der Waals surface area contributed by atoms with E-state index in [0.717, 1.165) is 30.5 Å². The van der Waals surface area contributed by atoms with Crippen molar-refractivity contribution in [1.29, 1.82) is 0 Å². The van der Waals surface area contributed by atoms with E-state index in [0.29, 0.717) is 10.6 Å². The molecule has 1 N–H and O–H groups in total. The molecule has 0 amide bonds. The van der Waals surface area contributed by atoms with Gasteiger partial charge in [-0.3, -0.25) is 4.68 Å². The molecule has 5 nitrogen and oxygen atoms in total. The highest BCUT2D eigenvalue weighted by molar-refractivity contribution is 7.88. The van der Waals surface area contributed by atoms with Gasteiger partial charge in [0, 0.05) is 23.8 Å². The van der Waals surface area contributed by atoms with Crippen molar-refractivity contribution in [3.63, 3.8) is 0 Å². The highest BCUT2D eigenvalue weighted by Gasteiger charge is 2.27. The molecule has 1 aromatic heterocycles. The molecule has 7 heteroatoms. The molecule has 1 atom stereocenters. The molecule has 1 aromatic carbocycles. The van der Waals surface area contributed by atoms with Crippen molar-refractivity contribution in [2.24, 2.45) is 7.05 Å². The maximum atomic E-state index is 12.4. The van der Waals surface area contributed by atoms with Crippen molar-refractivity contribution in [3.8, 4) is 0 Å². The summed E-state index contributed by atoms with van der Waals surface area (Å²) in [4.78, 5) is 0. The van der Waals surface area contributed by atoms with Crippen LogP contribution in [0, 0.1) is 0 Å². The fraction of sp³-hybridized carbons (Fsp3) is 0.400. The third-order valence-corrected chi connectivity index (χ3v) is 5.38. The van der Waals surface area contributed by atoms with Crippen LogP contribution in [0.25, 0.3) is 0 Å². The summed E-state index contributed by atoms with van der Waals surface area (Å²) in [5.41, 5.74) is 2.66. The van der Waals surface area contributed by atoms with E-state index in [1.54, 1.807) is 28.9 Å². The van der Waals surface area contributed by atoms with Gasteiger partial charge in [0.05, 0.1) is 17.5 Å². The maximum absolute atomic E-state index is 12.4. The minimum Gasteiger partial charge on any atom is -0.275 e. The van der Waals surface area contributed by atoms with Crippen LogP contribution in [0.1, 0.15) is 35.7 Å². The lowest BCUT2D eigenvalue weighted by Gasteiger charge is -2.22. The Morgan fingerprint density at radius 1 is 1.45 bits per heavy atom. The van der Waals surface area contributed by atoms with Crippen molar-refractivity contribution in [3.05, 3.63) is 52.3 Å². The molecule has 118 valence electrons. The first kappa shape index (κ1) is 15.5. The zero-order valence-electron chi connectivity index (χ0n) is 12.3. The quantitative estimate of drug-likeness (QED) is 0.931. The molecule has 0 saturated carbocycles. The fourth-order valence-electron chi connectivity index (χ4n) is 2.89. The van der Waals surface area contributed by atoms with Gasteiger partial charge in [-0.2, -0.15) is 5.10 Å². The van der Waals surface area contributed by atoms with Crippen molar-refractivity contribution < 1.29 is 8.42 Å². The Morgan fingerprint density at radius 2 is 2.27 bits per heavy atom. The van der Waals surface area contributed by atoms with Crippen LogP contribution in [0.3, 0.4) is 0 Å². The third-order valence-electron chi connectivity index (χ3n) is 3.79. The van der Waals surface area contributed by atoms with E-state index in [1.807, 2.05) is 13.2 Å². The largest absolute Gasteiger partial charge is 0.275 e. The molecule has 0 aliphatic heterocycles. The van der Waals surface area contributed by atoms with Gasteiger partial charge in [-0.1, -0.05) is 23.7 Å². The molecule has 1 unspecified atom stereocenters. The lowest BCUT2D eigenvalue weighted by molar-refractivity contribution is 0.505. The predicted molar refractivity (Wildman–Crippen MR) is 86.1 cm³/mol. The predicted octanol–water partition coefficient (Wildman–Crippen LogP) is 2.57. The summed E-state index contributed by atoms with van der Waals surface area (Å²) in [6, 6.07) is 6.74. The van der Waals surface area contributed by atoms with E-state index in [1.165, 1.54) is 0 Å².